The van der Waals surface area contributed by atoms with Gasteiger partial charge in [-0.05, 0) is 68.2 Å². The van der Waals surface area contributed by atoms with Crippen LogP contribution in [0.4, 0.5) is 14.5 Å². The molecule has 0 bridgehead atoms. The van der Waals surface area contributed by atoms with Crippen LogP contribution in [0.1, 0.15) is 12.0 Å². The zero-order chi connectivity index (χ0) is 31.9. The van der Waals surface area contributed by atoms with E-state index in [9.17, 15) is 4.39 Å². The number of fused-ring (bicyclic) bond motifs is 1. The molecular formula is C32H33ClF2N6O3S. The number of ether oxygens (including phenoxy) is 3. The molecular weight excluding hydrogens is 622 g/mol. The normalized spacial score (nSPS) is 14.2. The van der Waals surface area contributed by atoms with Gasteiger partial charge in [-0.3, -0.25) is 4.98 Å². The van der Waals surface area contributed by atoms with Gasteiger partial charge in [0.15, 0.2) is 28.2 Å². The molecule has 5 rings (SSSR count). The van der Waals surface area contributed by atoms with Gasteiger partial charge in [-0.1, -0.05) is 11.6 Å². The van der Waals surface area contributed by atoms with Crippen molar-refractivity contribution in [1.29, 1.82) is 0 Å². The van der Waals surface area contributed by atoms with Crippen LogP contribution >= 0.6 is 23.8 Å². The number of methoxy groups -OCH3 is 1. The Labute approximate surface area is 270 Å². The molecule has 1 aromatic heterocycles. The summed E-state index contributed by atoms with van der Waals surface area (Å²) in [5, 5.41) is 6.01. The van der Waals surface area contributed by atoms with Crippen LogP contribution in [-0.4, -0.2) is 79.6 Å². The van der Waals surface area contributed by atoms with Crippen LogP contribution in [0.2, 0.25) is 5.02 Å². The summed E-state index contributed by atoms with van der Waals surface area (Å²) in [7, 11) is 3.71. The number of halogens is 3. The Morgan fingerprint density at radius 1 is 1.04 bits per heavy atom. The predicted octanol–water partition coefficient (Wildman–Crippen LogP) is 6.07. The Bertz CT molecular complexity index is 1700. The van der Waals surface area contributed by atoms with Crippen molar-refractivity contribution >= 4 is 51.7 Å². The number of anilines is 1. The maximum atomic E-state index is 15.4. The van der Waals surface area contributed by atoms with Crippen LogP contribution in [0, 0.1) is 11.6 Å². The van der Waals surface area contributed by atoms with Crippen molar-refractivity contribution < 1.29 is 23.0 Å². The molecule has 1 aliphatic heterocycles. The number of rotatable bonds is 11. The van der Waals surface area contributed by atoms with E-state index in [-0.39, 0.29) is 21.6 Å². The fourth-order valence-electron chi connectivity index (χ4n) is 4.83. The lowest BCUT2D eigenvalue weighted by Gasteiger charge is -2.32. The van der Waals surface area contributed by atoms with Gasteiger partial charge in [0.2, 0.25) is 0 Å². The SMILES string of the molecule is COc1cc2c(Oc3ccc(N(N=Cc4ccc(F)cc4Cl)C(N)=S)cc3F)ccnc2cc1OCCCN1CCN(C)CC1. The van der Waals surface area contributed by atoms with Gasteiger partial charge in [0, 0.05) is 62.0 Å². The molecule has 3 aromatic carbocycles. The summed E-state index contributed by atoms with van der Waals surface area (Å²) in [6.07, 6.45) is 3.82. The molecule has 1 fully saturated rings. The highest BCUT2D eigenvalue weighted by Crippen LogP contribution is 2.38. The Balaban J connectivity index is 1.30. The van der Waals surface area contributed by atoms with Gasteiger partial charge in [0.05, 0.1) is 36.2 Å². The highest BCUT2D eigenvalue weighted by Gasteiger charge is 2.17. The topological polar surface area (TPSA) is 88.7 Å². The number of hydrogen-bond donors (Lipinski definition) is 1. The third kappa shape index (κ3) is 8.14. The van der Waals surface area contributed by atoms with E-state index in [1.807, 2.05) is 0 Å². The number of likely N-dealkylation sites (N-methyl/N-ethyl adjacent to an activating group) is 1. The van der Waals surface area contributed by atoms with Crippen molar-refractivity contribution in [2.45, 2.75) is 6.42 Å². The summed E-state index contributed by atoms with van der Waals surface area (Å²) in [6.45, 7) is 5.77. The average Bonchev–Trinajstić information content (AvgIpc) is 3.02. The van der Waals surface area contributed by atoms with Gasteiger partial charge in [-0.2, -0.15) is 5.10 Å². The van der Waals surface area contributed by atoms with E-state index in [0.717, 1.165) is 50.2 Å². The number of pyridine rings is 1. The lowest BCUT2D eigenvalue weighted by atomic mass is 10.1. The molecule has 0 radical (unpaired) electrons. The van der Waals surface area contributed by atoms with E-state index >= 15 is 4.39 Å². The Kier molecular flexibility index (Phi) is 10.6. The molecule has 9 nitrogen and oxygen atoms in total. The number of nitrogens with zero attached hydrogens (tertiary/aromatic N) is 5. The second-order valence-corrected chi connectivity index (χ2v) is 11.3. The number of piperazine rings is 1. The number of nitrogens with two attached hydrogens (primary N) is 1. The van der Waals surface area contributed by atoms with Gasteiger partial charge in [0.1, 0.15) is 11.6 Å². The standard InChI is InChI=1S/C32H33ClF2N6O3S/c1-39-11-13-40(14-12-39)10-3-15-43-31-19-27-24(18-30(31)42-2)28(8-9-37-27)44-29-7-6-23(17-26(29)35)41(32(36)45)38-20-21-4-5-22(34)16-25(21)33/h4-9,16-20H,3,10-15H2,1-2H3,(H2,36,45). The fraction of sp³-hybridized carbons (Fsp3) is 0.281. The molecule has 0 atom stereocenters. The zero-order valence-electron chi connectivity index (χ0n) is 24.9. The molecule has 1 aliphatic rings. The Morgan fingerprint density at radius 2 is 1.84 bits per heavy atom. The summed E-state index contributed by atoms with van der Waals surface area (Å²) in [4.78, 5) is 9.23. The van der Waals surface area contributed by atoms with E-state index in [1.54, 1.807) is 37.6 Å². The third-order valence-corrected chi connectivity index (χ3v) is 7.82. The molecule has 45 heavy (non-hydrogen) atoms. The van der Waals surface area contributed by atoms with Crippen LogP contribution < -0.4 is 25.0 Å². The number of benzene rings is 3. The van der Waals surface area contributed by atoms with Crippen LogP contribution in [0.3, 0.4) is 0 Å². The monoisotopic (exact) mass is 654 g/mol. The first kappa shape index (κ1) is 32.3. The van der Waals surface area contributed by atoms with Crippen molar-refractivity contribution in [3.8, 4) is 23.0 Å². The number of thiocarbonyl (C=S) groups is 1. The lowest BCUT2D eigenvalue weighted by molar-refractivity contribution is 0.145. The first-order valence-electron chi connectivity index (χ1n) is 14.3. The summed E-state index contributed by atoms with van der Waals surface area (Å²) >= 11 is 11.2. The summed E-state index contributed by atoms with van der Waals surface area (Å²) in [5.41, 5.74) is 7.13. The minimum atomic E-state index is -0.680. The van der Waals surface area contributed by atoms with E-state index in [1.165, 1.54) is 30.5 Å². The van der Waals surface area contributed by atoms with E-state index < -0.39 is 11.6 Å². The van der Waals surface area contributed by atoms with Gasteiger partial charge >= 0.3 is 0 Å². The summed E-state index contributed by atoms with van der Waals surface area (Å²) in [6, 6.07) is 13.2. The van der Waals surface area contributed by atoms with E-state index in [2.05, 4.69) is 26.9 Å². The van der Waals surface area contributed by atoms with Crippen LogP contribution in [0.25, 0.3) is 10.9 Å². The molecule has 0 amide bonds. The van der Waals surface area contributed by atoms with Crippen molar-refractivity contribution in [3.63, 3.8) is 0 Å². The molecule has 0 saturated carbocycles. The molecule has 236 valence electrons. The van der Waals surface area contributed by atoms with Crippen LogP contribution in [0.5, 0.6) is 23.0 Å². The molecule has 0 aliphatic carbocycles. The van der Waals surface area contributed by atoms with Crippen LogP contribution in [0.15, 0.2) is 65.9 Å². The fourth-order valence-corrected chi connectivity index (χ4v) is 5.20. The molecule has 0 spiro atoms. The Hall–Kier alpha value is -4.10. The molecule has 2 N–H and O–H groups in total. The Morgan fingerprint density at radius 3 is 2.56 bits per heavy atom. The van der Waals surface area contributed by atoms with E-state index in [0.29, 0.717) is 40.3 Å². The predicted molar refractivity (Wildman–Crippen MR) is 177 cm³/mol. The smallest absolute Gasteiger partial charge is 0.191 e. The first-order valence-corrected chi connectivity index (χ1v) is 15.1. The minimum Gasteiger partial charge on any atom is -0.493 e. The van der Waals surface area contributed by atoms with Gasteiger partial charge < -0.3 is 29.7 Å². The second kappa shape index (κ2) is 14.8. The number of hydrazone groups is 1. The second-order valence-electron chi connectivity index (χ2n) is 10.5. The molecule has 2 heterocycles. The number of aromatic nitrogens is 1. The van der Waals surface area contributed by atoms with Crippen LogP contribution in [-0.2, 0) is 0 Å². The molecule has 1 saturated heterocycles. The number of hydrogen-bond acceptors (Lipinski definition) is 8. The van der Waals surface area contributed by atoms with Gasteiger partial charge in [0.25, 0.3) is 0 Å². The quantitative estimate of drug-likeness (QED) is 0.0896. The highest BCUT2D eigenvalue weighted by atomic mass is 35.5. The third-order valence-electron chi connectivity index (χ3n) is 7.32. The van der Waals surface area contributed by atoms with Gasteiger partial charge in [-0.15, -0.1) is 0 Å². The molecule has 0 unspecified atom stereocenters. The molecule has 4 aromatic rings. The van der Waals surface area contributed by atoms with Gasteiger partial charge in [-0.25, -0.2) is 13.8 Å². The first-order chi connectivity index (χ1) is 21.7. The van der Waals surface area contributed by atoms with E-state index in [4.69, 9.17) is 43.8 Å². The minimum absolute atomic E-state index is 0.0390. The zero-order valence-corrected chi connectivity index (χ0v) is 26.5. The highest BCUT2D eigenvalue weighted by molar-refractivity contribution is 7.80. The molecule has 13 heteroatoms. The average molecular weight is 655 g/mol. The van der Waals surface area contributed by atoms with Crippen molar-refractivity contribution in [2.75, 3.05) is 58.5 Å². The van der Waals surface area contributed by atoms with Crippen molar-refractivity contribution in [1.82, 2.24) is 14.8 Å². The lowest BCUT2D eigenvalue weighted by Crippen LogP contribution is -2.44. The van der Waals surface area contributed by atoms with Crippen molar-refractivity contribution in [2.24, 2.45) is 10.8 Å². The summed E-state index contributed by atoms with van der Waals surface area (Å²) in [5.74, 6) is 0.263. The van der Waals surface area contributed by atoms with Crippen molar-refractivity contribution in [3.05, 3.63) is 83.0 Å². The largest absolute Gasteiger partial charge is 0.493 e. The summed E-state index contributed by atoms with van der Waals surface area (Å²) < 4.78 is 46.4. The maximum absolute atomic E-state index is 15.4. The maximum Gasteiger partial charge on any atom is 0.191 e.